The molecule has 1 amide bonds. The van der Waals surface area contributed by atoms with Gasteiger partial charge in [-0.2, -0.15) is 0 Å². The number of aliphatic carboxylic acids is 1. The number of rotatable bonds is 4. The Kier molecular flexibility index (Phi) is 3.38. The average Bonchev–Trinajstić information content (AvgIpc) is 3.13. The maximum atomic E-state index is 12.3. The van der Waals surface area contributed by atoms with Crippen molar-refractivity contribution in [2.45, 2.75) is 32.0 Å². The molecule has 1 aliphatic rings. The van der Waals surface area contributed by atoms with E-state index in [1.165, 1.54) is 17.4 Å². The molecule has 0 bridgehead atoms. The second kappa shape index (κ2) is 5.35. The lowest BCUT2D eigenvalue weighted by Gasteiger charge is -2.32. The molecular weight excluding hydrogens is 276 g/mol. The van der Waals surface area contributed by atoms with Crippen LogP contribution in [0.5, 0.6) is 0 Å². The first-order chi connectivity index (χ1) is 10.1. The standard InChI is InChI=1S/C12H14N6O3/c19-11(1-3-17-4-2-15-16-17)18-6-9-8(13-7-14-9)5-10(18)12(20)21/h2,4,7,10H,1,3,5-6H2,(H,13,14)(H,20,21). The van der Waals surface area contributed by atoms with Crippen LogP contribution in [0.1, 0.15) is 17.8 Å². The highest BCUT2D eigenvalue weighted by Crippen LogP contribution is 2.21. The Bertz CT molecular complexity index is 650. The van der Waals surface area contributed by atoms with Crippen molar-refractivity contribution in [3.63, 3.8) is 0 Å². The molecule has 0 saturated heterocycles. The number of amides is 1. The van der Waals surface area contributed by atoms with Crippen LogP contribution in [0.4, 0.5) is 0 Å². The summed E-state index contributed by atoms with van der Waals surface area (Å²) >= 11 is 0. The van der Waals surface area contributed by atoms with Gasteiger partial charge in [0.15, 0.2) is 0 Å². The summed E-state index contributed by atoms with van der Waals surface area (Å²) in [5, 5.41) is 16.8. The van der Waals surface area contributed by atoms with Gasteiger partial charge in [0.2, 0.25) is 5.91 Å². The van der Waals surface area contributed by atoms with E-state index in [1.807, 2.05) is 0 Å². The molecule has 1 unspecified atom stereocenters. The Labute approximate surface area is 119 Å². The smallest absolute Gasteiger partial charge is 0.326 e. The number of hydrogen-bond acceptors (Lipinski definition) is 5. The summed E-state index contributed by atoms with van der Waals surface area (Å²) in [6.07, 6.45) is 5.11. The van der Waals surface area contributed by atoms with E-state index in [2.05, 4.69) is 20.3 Å². The summed E-state index contributed by atoms with van der Waals surface area (Å²) in [4.78, 5) is 32.1. The van der Waals surface area contributed by atoms with E-state index in [0.29, 0.717) is 12.2 Å². The van der Waals surface area contributed by atoms with Crippen molar-refractivity contribution in [3.05, 3.63) is 30.1 Å². The van der Waals surface area contributed by atoms with Crippen molar-refractivity contribution >= 4 is 11.9 Å². The number of nitrogens with one attached hydrogen (secondary N) is 1. The highest BCUT2D eigenvalue weighted by molar-refractivity contribution is 5.84. The first-order valence-electron chi connectivity index (χ1n) is 6.52. The Morgan fingerprint density at radius 1 is 1.48 bits per heavy atom. The second-order valence-corrected chi connectivity index (χ2v) is 4.82. The van der Waals surface area contributed by atoms with Gasteiger partial charge in [-0.3, -0.25) is 9.48 Å². The van der Waals surface area contributed by atoms with E-state index >= 15 is 0 Å². The molecule has 9 heteroatoms. The van der Waals surface area contributed by atoms with Gasteiger partial charge < -0.3 is 15.0 Å². The molecule has 2 N–H and O–H groups in total. The first kappa shape index (κ1) is 13.3. The molecule has 1 atom stereocenters. The van der Waals surface area contributed by atoms with Gasteiger partial charge in [-0.1, -0.05) is 5.21 Å². The number of fused-ring (bicyclic) bond motifs is 1. The number of carbonyl (C=O) groups excluding carboxylic acids is 1. The SMILES string of the molecule is O=C(O)C1Cc2nc[nH]c2CN1C(=O)CCn1ccnn1. The molecule has 110 valence electrons. The van der Waals surface area contributed by atoms with E-state index in [-0.39, 0.29) is 25.3 Å². The van der Waals surface area contributed by atoms with E-state index in [9.17, 15) is 14.7 Å². The fourth-order valence-corrected chi connectivity index (χ4v) is 2.42. The van der Waals surface area contributed by atoms with E-state index in [0.717, 1.165) is 5.69 Å². The quantitative estimate of drug-likeness (QED) is 0.778. The summed E-state index contributed by atoms with van der Waals surface area (Å²) in [6.45, 7) is 0.611. The largest absolute Gasteiger partial charge is 0.480 e. The minimum Gasteiger partial charge on any atom is -0.480 e. The summed E-state index contributed by atoms with van der Waals surface area (Å²) in [5.74, 6) is -1.24. The summed E-state index contributed by atoms with van der Waals surface area (Å²) in [7, 11) is 0. The van der Waals surface area contributed by atoms with Crippen molar-refractivity contribution < 1.29 is 14.7 Å². The molecule has 3 rings (SSSR count). The third-order valence-corrected chi connectivity index (χ3v) is 3.53. The number of aromatic amines is 1. The summed E-state index contributed by atoms with van der Waals surface area (Å²) < 4.78 is 1.54. The maximum Gasteiger partial charge on any atom is 0.326 e. The first-order valence-corrected chi connectivity index (χ1v) is 6.52. The lowest BCUT2D eigenvalue weighted by Crippen LogP contribution is -2.48. The van der Waals surface area contributed by atoms with Gasteiger partial charge in [0.1, 0.15) is 6.04 Å². The molecule has 0 saturated carbocycles. The number of nitrogens with zero attached hydrogens (tertiary/aromatic N) is 5. The maximum absolute atomic E-state index is 12.3. The molecule has 2 aromatic rings. The number of imidazole rings is 1. The fourth-order valence-electron chi connectivity index (χ4n) is 2.42. The van der Waals surface area contributed by atoms with Crippen LogP contribution in [0.15, 0.2) is 18.7 Å². The molecule has 3 heterocycles. The van der Waals surface area contributed by atoms with Crippen molar-refractivity contribution in [2.24, 2.45) is 0 Å². The van der Waals surface area contributed by atoms with Crippen LogP contribution in [-0.4, -0.2) is 52.9 Å². The summed E-state index contributed by atoms with van der Waals surface area (Å²) in [6, 6.07) is -0.871. The lowest BCUT2D eigenvalue weighted by molar-refractivity contribution is -0.151. The number of aromatic nitrogens is 5. The van der Waals surface area contributed by atoms with E-state index < -0.39 is 12.0 Å². The normalized spacial score (nSPS) is 17.5. The molecule has 0 fully saturated rings. The molecule has 0 aliphatic carbocycles. The molecule has 21 heavy (non-hydrogen) atoms. The Morgan fingerprint density at radius 3 is 3.05 bits per heavy atom. The minimum absolute atomic E-state index is 0.177. The van der Waals surface area contributed by atoms with Crippen LogP contribution >= 0.6 is 0 Å². The van der Waals surface area contributed by atoms with Crippen molar-refractivity contribution in [2.75, 3.05) is 0 Å². The van der Waals surface area contributed by atoms with Gasteiger partial charge in [0.25, 0.3) is 0 Å². The van der Waals surface area contributed by atoms with Crippen molar-refractivity contribution in [1.29, 1.82) is 0 Å². The zero-order chi connectivity index (χ0) is 14.8. The molecule has 1 aliphatic heterocycles. The van der Waals surface area contributed by atoms with Gasteiger partial charge in [0.05, 0.1) is 37.0 Å². The highest BCUT2D eigenvalue weighted by Gasteiger charge is 2.35. The Morgan fingerprint density at radius 2 is 2.33 bits per heavy atom. The zero-order valence-electron chi connectivity index (χ0n) is 11.1. The average molecular weight is 290 g/mol. The van der Waals surface area contributed by atoms with Gasteiger partial charge in [0, 0.05) is 19.0 Å². The fraction of sp³-hybridized carbons (Fsp3) is 0.417. The minimum atomic E-state index is -1.02. The Hall–Kier alpha value is -2.71. The monoisotopic (exact) mass is 290 g/mol. The number of aryl methyl sites for hydroxylation is 1. The number of H-pyrrole nitrogens is 1. The predicted molar refractivity (Wildman–Crippen MR) is 68.9 cm³/mol. The lowest BCUT2D eigenvalue weighted by atomic mass is 10.0. The van der Waals surface area contributed by atoms with Crippen LogP contribution in [0, 0.1) is 0 Å². The molecule has 2 aromatic heterocycles. The van der Waals surface area contributed by atoms with Crippen molar-refractivity contribution in [3.8, 4) is 0 Å². The number of carboxylic acid groups (broad SMARTS) is 1. The number of hydrogen-bond donors (Lipinski definition) is 2. The third-order valence-electron chi connectivity index (χ3n) is 3.53. The number of carbonyl (C=O) groups is 2. The molecular formula is C12H14N6O3. The van der Waals surface area contributed by atoms with Crippen LogP contribution in [0.2, 0.25) is 0 Å². The highest BCUT2D eigenvalue weighted by atomic mass is 16.4. The number of carboxylic acids is 1. The van der Waals surface area contributed by atoms with Crippen molar-refractivity contribution in [1.82, 2.24) is 29.9 Å². The van der Waals surface area contributed by atoms with Crippen LogP contribution in [0.25, 0.3) is 0 Å². The van der Waals surface area contributed by atoms with Gasteiger partial charge >= 0.3 is 5.97 Å². The second-order valence-electron chi connectivity index (χ2n) is 4.82. The Balaban J connectivity index is 1.72. The topological polar surface area (TPSA) is 117 Å². The van der Waals surface area contributed by atoms with Crippen LogP contribution < -0.4 is 0 Å². The van der Waals surface area contributed by atoms with Gasteiger partial charge in [-0.05, 0) is 0 Å². The predicted octanol–water partition coefficient (Wildman–Crippen LogP) is -0.571. The molecule has 0 spiro atoms. The zero-order valence-corrected chi connectivity index (χ0v) is 11.1. The van der Waals surface area contributed by atoms with E-state index in [4.69, 9.17) is 0 Å². The van der Waals surface area contributed by atoms with Gasteiger partial charge in [-0.25, -0.2) is 9.78 Å². The van der Waals surface area contributed by atoms with E-state index in [1.54, 1.807) is 10.9 Å². The third kappa shape index (κ3) is 2.62. The van der Waals surface area contributed by atoms with Crippen LogP contribution in [0.3, 0.4) is 0 Å². The molecule has 9 nitrogen and oxygen atoms in total. The van der Waals surface area contributed by atoms with Crippen LogP contribution in [-0.2, 0) is 29.1 Å². The summed E-state index contributed by atoms with van der Waals surface area (Å²) in [5.41, 5.74) is 1.50. The molecule has 0 radical (unpaired) electrons. The van der Waals surface area contributed by atoms with Gasteiger partial charge in [-0.15, -0.1) is 5.10 Å². The molecule has 0 aromatic carbocycles.